The van der Waals surface area contributed by atoms with Gasteiger partial charge in [0.25, 0.3) is 16.1 Å². The van der Waals surface area contributed by atoms with Gasteiger partial charge in [-0.25, -0.2) is 13.9 Å². The lowest BCUT2D eigenvalue weighted by Crippen LogP contribution is -2.22. The van der Waals surface area contributed by atoms with Gasteiger partial charge in [0.15, 0.2) is 5.75 Å². The molecule has 0 saturated carbocycles. The number of anilines is 3. The minimum Gasteiger partial charge on any atom is -0.454 e. The van der Waals surface area contributed by atoms with Crippen LogP contribution >= 0.6 is 22.6 Å². The predicted octanol–water partition coefficient (Wildman–Crippen LogP) is 3.82. The Hall–Kier alpha value is -2.97. The van der Waals surface area contributed by atoms with Crippen LogP contribution < -0.4 is 25.6 Å². The molecule has 6 N–H and O–H groups in total. The van der Waals surface area contributed by atoms with Crippen molar-refractivity contribution in [3.05, 3.63) is 75.4 Å². The van der Waals surface area contributed by atoms with E-state index < -0.39 is 27.8 Å². The number of halogens is 3. The highest BCUT2D eigenvalue weighted by Gasteiger charge is 2.20. The molecule has 0 spiro atoms. The number of benzene rings is 3. The van der Waals surface area contributed by atoms with Crippen LogP contribution in [0.1, 0.15) is 10.4 Å². The van der Waals surface area contributed by atoms with Gasteiger partial charge >= 0.3 is 0 Å². The molecule has 12 heteroatoms. The zero-order valence-corrected chi connectivity index (χ0v) is 18.5. The lowest BCUT2D eigenvalue weighted by atomic mass is 10.1. The number of primary amides is 1. The van der Waals surface area contributed by atoms with Crippen LogP contribution in [0.2, 0.25) is 0 Å². The fourth-order valence-corrected chi connectivity index (χ4v) is 3.59. The van der Waals surface area contributed by atoms with Crippen molar-refractivity contribution in [3.8, 4) is 11.5 Å². The number of hydrogen-bond donors (Lipinski definition) is 4. The van der Waals surface area contributed by atoms with Crippen LogP contribution in [0, 0.1) is 15.2 Å². The number of hydrogen-bond acceptors (Lipinski definition) is 5. The Bertz CT molecular complexity index is 1270. The fourth-order valence-electron chi connectivity index (χ4n) is 2.66. The molecule has 3 rings (SSSR count). The van der Waals surface area contributed by atoms with Crippen molar-refractivity contribution in [1.29, 1.82) is 0 Å². The maximum Gasteiger partial charge on any atom is 0.296 e. The second kappa shape index (κ2) is 9.03. The maximum atomic E-state index is 14.3. The van der Waals surface area contributed by atoms with Crippen molar-refractivity contribution in [2.24, 2.45) is 10.9 Å². The summed E-state index contributed by atoms with van der Waals surface area (Å²) in [5, 5.41) is 7.63. The van der Waals surface area contributed by atoms with Crippen molar-refractivity contribution < 1.29 is 26.7 Å². The standard InChI is InChI=1S/C19H15F2IN4O4S/c20-10-7-15(25-13-6-5-11(22)9-12(13)21)18(19(23)27)17(8-10)30-16-4-2-1-3-14(16)26-31(24,28)29/h1-9,25-26H,(H2,23,27)(H2,24,28,29). The molecule has 0 bridgehead atoms. The molecule has 0 heterocycles. The summed E-state index contributed by atoms with van der Waals surface area (Å²) in [5.74, 6) is -2.82. The monoisotopic (exact) mass is 560 g/mol. The third-order valence-corrected chi connectivity index (χ3v) is 5.05. The van der Waals surface area contributed by atoms with Crippen molar-refractivity contribution in [1.82, 2.24) is 0 Å². The van der Waals surface area contributed by atoms with E-state index in [2.05, 4.69) is 5.32 Å². The van der Waals surface area contributed by atoms with Gasteiger partial charge in [-0.15, -0.1) is 0 Å². The molecular weight excluding hydrogens is 545 g/mol. The van der Waals surface area contributed by atoms with Gasteiger partial charge < -0.3 is 15.8 Å². The first-order valence-corrected chi connectivity index (χ1v) is 11.1. The Morgan fingerprint density at radius 1 is 0.968 bits per heavy atom. The van der Waals surface area contributed by atoms with Gasteiger partial charge in [-0.1, -0.05) is 12.1 Å². The zero-order valence-electron chi connectivity index (χ0n) is 15.5. The van der Waals surface area contributed by atoms with E-state index in [-0.39, 0.29) is 34.1 Å². The molecule has 0 aliphatic rings. The van der Waals surface area contributed by atoms with E-state index in [9.17, 15) is 22.0 Å². The van der Waals surface area contributed by atoms with E-state index in [0.717, 1.165) is 12.1 Å². The smallest absolute Gasteiger partial charge is 0.296 e. The summed E-state index contributed by atoms with van der Waals surface area (Å²) in [5.41, 5.74) is 4.98. The number of amides is 1. The van der Waals surface area contributed by atoms with E-state index in [1.54, 1.807) is 6.07 Å². The summed E-state index contributed by atoms with van der Waals surface area (Å²) in [4.78, 5) is 12.1. The fraction of sp³-hybridized carbons (Fsp3) is 0. The molecule has 3 aromatic carbocycles. The van der Waals surface area contributed by atoms with Crippen LogP contribution in [0.25, 0.3) is 0 Å². The Labute approximate surface area is 189 Å². The molecule has 0 aliphatic heterocycles. The molecule has 0 fully saturated rings. The predicted molar refractivity (Wildman–Crippen MR) is 121 cm³/mol. The van der Waals surface area contributed by atoms with E-state index >= 15 is 0 Å². The molecule has 0 saturated heterocycles. The summed E-state index contributed by atoms with van der Waals surface area (Å²) in [7, 11) is -4.13. The maximum absolute atomic E-state index is 14.3. The largest absolute Gasteiger partial charge is 0.454 e. The van der Waals surface area contributed by atoms with Crippen LogP contribution in [-0.4, -0.2) is 14.3 Å². The number of carbonyl (C=O) groups excluding carboxylic acids is 1. The Balaban J connectivity index is 2.07. The summed E-state index contributed by atoms with van der Waals surface area (Å²) in [6.07, 6.45) is 0. The zero-order chi connectivity index (χ0) is 22.8. The molecule has 0 unspecified atom stereocenters. The molecule has 0 aliphatic carbocycles. The molecular formula is C19H15F2IN4O4S. The van der Waals surface area contributed by atoms with E-state index in [0.29, 0.717) is 3.57 Å². The number of carbonyl (C=O) groups is 1. The van der Waals surface area contributed by atoms with Crippen molar-refractivity contribution in [3.63, 3.8) is 0 Å². The molecule has 8 nitrogen and oxygen atoms in total. The average Bonchev–Trinajstić information content (AvgIpc) is 2.64. The lowest BCUT2D eigenvalue weighted by Gasteiger charge is -2.17. The van der Waals surface area contributed by atoms with Crippen LogP contribution in [0.5, 0.6) is 11.5 Å². The minimum atomic E-state index is -4.13. The van der Waals surface area contributed by atoms with Gasteiger partial charge in [-0.3, -0.25) is 9.52 Å². The Morgan fingerprint density at radius 2 is 1.68 bits per heavy atom. The van der Waals surface area contributed by atoms with Crippen LogP contribution in [0.4, 0.5) is 25.8 Å². The van der Waals surface area contributed by atoms with Gasteiger partial charge in [0.1, 0.15) is 22.9 Å². The van der Waals surface area contributed by atoms with Crippen LogP contribution in [0.3, 0.4) is 0 Å². The third kappa shape index (κ3) is 5.80. The molecule has 0 radical (unpaired) electrons. The number of nitrogens with one attached hydrogen (secondary N) is 2. The first-order valence-electron chi connectivity index (χ1n) is 8.46. The molecule has 1 amide bonds. The Kier molecular flexibility index (Phi) is 6.62. The summed E-state index contributed by atoms with van der Waals surface area (Å²) in [6.45, 7) is 0. The first kappa shape index (κ1) is 22.7. The van der Waals surface area contributed by atoms with Crippen molar-refractivity contribution in [2.45, 2.75) is 0 Å². The summed E-state index contributed by atoms with van der Waals surface area (Å²) in [6, 6.07) is 11.9. The van der Waals surface area contributed by atoms with Gasteiger partial charge in [0.2, 0.25) is 0 Å². The average molecular weight is 560 g/mol. The number of rotatable bonds is 7. The third-order valence-electron chi connectivity index (χ3n) is 3.87. The molecule has 0 aromatic heterocycles. The molecule has 162 valence electrons. The number of para-hydroxylation sites is 2. The quantitative estimate of drug-likeness (QED) is 0.326. The van der Waals surface area contributed by atoms with Gasteiger partial charge in [-0.2, -0.15) is 8.42 Å². The lowest BCUT2D eigenvalue weighted by molar-refractivity contribution is 0.0999. The van der Waals surface area contributed by atoms with Crippen LogP contribution in [0.15, 0.2) is 54.6 Å². The van der Waals surface area contributed by atoms with Crippen molar-refractivity contribution >= 4 is 55.8 Å². The highest BCUT2D eigenvalue weighted by molar-refractivity contribution is 14.1. The molecule has 31 heavy (non-hydrogen) atoms. The number of nitrogens with two attached hydrogens (primary N) is 2. The highest BCUT2D eigenvalue weighted by atomic mass is 127. The van der Waals surface area contributed by atoms with Gasteiger partial charge in [0.05, 0.1) is 17.1 Å². The second-order valence-corrected chi connectivity index (χ2v) is 8.72. The van der Waals surface area contributed by atoms with E-state index in [4.69, 9.17) is 15.6 Å². The van der Waals surface area contributed by atoms with Gasteiger partial charge in [0, 0.05) is 9.64 Å². The molecule has 0 atom stereocenters. The first-order chi connectivity index (χ1) is 14.5. The summed E-state index contributed by atoms with van der Waals surface area (Å²) < 4.78 is 59.6. The Morgan fingerprint density at radius 3 is 2.32 bits per heavy atom. The topological polar surface area (TPSA) is 137 Å². The second-order valence-electron chi connectivity index (χ2n) is 6.19. The van der Waals surface area contributed by atoms with Crippen LogP contribution in [-0.2, 0) is 10.2 Å². The normalized spacial score (nSPS) is 11.1. The molecule has 3 aromatic rings. The SMILES string of the molecule is NC(=O)c1c(Nc2ccc(I)cc2F)cc(F)cc1Oc1ccccc1NS(N)(=O)=O. The summed E-state index contributed by atoms with van der Waals surface area (Å²) >= 11 is 1.93. The number of ether oxygens (including phenoxy) is 1. The highest BCUT2D eigenvalue weighted by Crippen LogP contribution is 2.36. The minimum absolute atomic E-state index is 0.0178. The van der Waals surface area contributed by atoms with E-state index in [1.807, 2.05) is 27.3 Å². The van der Waals surface area contributed by atoms with Gasteiger partial charge in [-0.05, 0) is 59.0 Å². The van der Waals surface area contributed by atoms with Crippen molar-refractivity contribution in [2.75, 3.05) is 10.0 Å². The van der Waals surface area contributed by atoms with E-state index in [1.165, 1.54) is 36.4 Å².